The minimum absolute atomic E-state index is 0.0257. The van der Waals surface area contributed by atoms with Gasteiger partial charge in [0.05, 0.1) is 6.61 Å². The van der Waals surface area contributed by atoms with E-state index in [0.29, 0.717) is 6.16 Å². The Morgan fingerprint density at radius 3 is 2.13 bits per heavy atom. The monoisotopic (exact) mass is 444 g/mol. The van der Waals surface area contributed by atoms with Gasteiger partial charge < -0.3 is 9.42 Å². The predicted molar refractivity (Wildman–Crippen MR) is 80.9 cm³/mol. The van der Waals surface area contributed by atoms with Gasteiger partial charge >= 0.3 is 0 Å². The van der Waals surface area contributed by atoms with E-state index in [-0.39, 0.29) is 12.0 Å². The molecule has 0 aromatic rings. The van der Waals surface area contributed by atoms with E-state index in [9.17, 15) is 4.89 Å². The standard InChI is InChI=1S/C8H16Br3O2PS/c1-4-7(2,3)6-14(12,15)13-5-8(9,10)11/h4-6H2,1-3H3,(H,12,15). The summed E-state index contributed by atoms with van der Waals surface area (Å²) in [5.74, 6) is 0. The Balaban J connectivity index is 4.27. The first-order valence-electron chi connectivity index (χ1n) is 4.50. The summed E-state index contributed by atoms with van der Waals surface area (Å²) in [6.45, 7) is 3.84. The van der Waals surface area contributed by atoms with Crippen LogP contribution in [-0.4, -0.2) is 19.8 Å². The van der Waals surface area contributed by atoms with Gasteiger partial charge in [-0.15, -0.1) is 0 Å². The number of halogens is 3. The molecule has 0 aliphatic rings. The number of hydrogen-bond donors (Lipinski definition) is 1. The predicted octanol–water partition coefficient (Wildman–Crippen LogP) is 4.58. The first-order chi connectivity index (χ1) is 6.47. The van der Waals surface area contributed by atoms with Crippen molar-refractivity contribution in [2.24, 2.45) is 5.41 Å². The molecule has 0 rings (SSSR count). The first kappa shape index (κ1) is 17.0. The van der Waals surface area contributed by atoms with E-state index in [4.69, 9.17) is 16.3 Å². The SMILES string of the molecule is CCC(C)(C)CP(O)(=S)OCC(Br)(Br)Br. The van der Waals surface area contributed by atoms with Crippen LogP contribution >= 0.6 is 54.3 Å². The molecule has 1 atom stereocenters. The molecule has 15 heavy (non-hydrogen) atoms. The molecule has 0 fully saturated rings. The molecule has 7 heteroatoms. The lowest BCUT2D eigenvalue weighted by molar-refractivity contribution is 0.300. The van der Waals surface area contributed by atoms with E-state index in [0.717, 1.165) is 6.42 Å². The Hall–Kier alpha value is 2.01. The molecule has 0 saturated heterocycles. The van der Waals surface area contributed by atoms with Crippen molar-refractivity contribution in [1.82, 2.24) is 0 Å². The van der Waals surface area contributed by atoms with Gasteiger partial charge in [0.15, 0.2) is 8.63 Å². The molecule has 0 aromatic heterocycles. The maximum atomic E-state index is 9.99. The highest BCUT2D eigenvalue weighted by molar-refractivity contribution is 9.39. The second kappa shape index (κ2) is 6.26. The third kappa shape index (κ3) is 9.69. The molecule has 0 aliphatic carbocycles. The van der Waals surface area contributed by atoms with Crippen molar-refractivity contribution >= 4 is 66.1 Å². The lowest BCUT2D eigenvalue weighted by atomic mass is 9.93. The molecule has 0 spiro atoms. The Morgan fingerprint density at radius 2 is 1.80 bits per heavy atom. The Morgan fingerprint density at radius 1 is 1.33 bits per heavy atom. The smallest absolute Gasteiger partial charge is 0.186 e. The molecule has 1 N–H and O–H groups in total. The van der Waals surface area contributed by atoms with Crippen LogP contribution in [0.4, 0.5) is 0 Å². The fraction of sp³-hybridized carbons (Fsp3) is 1.00. The van der Waals surface area contributed by atoms with Crippen molar-refractivity contribution in [3.63, 3.8) is 0 Å². The zero-order chi connectivity index (χ0) is 12.3. The highest BCUT2D eigenvalue weighted by atomic mass is 80.0. The second-order valence-electron chi connectivity index (χ2n) is 4.20. The normalized spacial score (nSPS) is 17.5. The Bertz CT molecular complexity index is 253. The summed E-state index contributed by atoms with van der Waals surface area (Å²) in [6, 6.07) is 0. The van der Waals surface area contributed by atoms with Crippen LogP contribution in [0.3, 0.4) is 0 Å². The van der Waals surface area contributed by atoms with Crippen molar-refractivity contribution < 1.29 is 9.42 Å². The summed E-state index contributed by atoms with van der Waals surface area (Å²) in [5, 5.41) is 0. The van der Waals surface area contributed by atoms with Crippen molar-refractivity contribution in [3.8, 4) is 0 Å². The van der Waals surface area contributed by atoms with E-state index >= 15 is 0 Å². The van der Waals surface area contributed by atoms with E-state index in [1.54, 1.807) is 0 Å². The number of rotatable bonds is 5. The summed E-state index contributed by atoms with van der Waals surface area (Å²) in [7, 11) is 0. The Labute approximate surface area is 122 Å². The molecule has 1 unspecified atom stereocenters. The molecule has 2 nitrogen and oxygen atoms in total. The van der Waals surface area contributed by atoms with Gasteiger partial charge in [0.2, 0.25) is 0 Å². The highest BCUT2D eigenvalue weighted by Gasteiger charge is 2.29. The minimum atomic E-state index is -2.68. The molecule has 0 heterocycles. The van der Waals surface area contributed by atoms with Gasteiger partial charge in [-0.25, -0.2) is 0 Å². The van der Waals surface area contributed by atoms with E-state index in [2.05, 4.69) is 68.6 Å². The lowest BCUT2D eigenvalue weighted by Gasteiger charge is -2.28. The molecular formula is C8H16Br3O2PS. The summed E-state index contributed by atoms with van der Waals surface area (Å²) in [6.07, 6.45) is 1.51. The topological polar surface area (TPSA) is 29.5 Å². The van der Waals surface area contributed by atoms with Gasteiger partial charge in [-0.2, -0.15) is 0 Å². The van der Waals surface area contributed by atoms with Crippen LogP contribution in [0.2, 0.25) is 0 Å². The summed E-state index contributed by atoms with van der Waals surface area (Å²) >= 11 is 15.0. The third-order valence-corrected chi connectivity index (χ3v) is 5.19. The van der Waals surface area contributed by atoms with Crippen LogP contribution in [0, 0.1) is 5.41 Å². The van der Waals surface area contributed by atoms with Gasteiger partial charge in [-0.1, -0.05) is 75.0 Å². The summed E-state index contributed by atoms with van der Waals surface area (Å²) in [4.78, 5) is 9.99. The largest absolute Gasteiger partial charge is 0.345 e. The van der Waals surface area contributed by atoms with Gasteiger partial charge in [0.1, 0.15) is 0 Å². The van der Waals surface area contributed by atoms with Gasteiger partial charge in [-0.3, -0.25) is 0 Å². The van der Waals surface area contributed by atoms with Crippen LogP contribution < -0.4 is 0 Å². The maximum absolute atomic E-state index is 9.99. The summed E-state index contributed by atoms with van der Waals surface area (Å²) in [5.41, 5.74) is 0.0257. The third-order valence-electron chi connectivity index (χ3n) is 2.01. The number of hydrogen-bond acceptors (Lipinski definition) is 2. The zero-order valence-electron chi connectivity index (χ0n) is 8.97. The molecule has 0 amide bonds. The maximum Gasteiger partial charge on any atom is 0.186 e. The fourth-order valence-electron chi connectivity index (χ4n) is 0.872. The fourth-order valence-corrected chi connectivity index (χ4v) is 4.75. The molecule has 92 valence electrons. The molecule has 0 aromatic carbocycles. The average molecular weight is 447 g/mol. The van der Waals surface area contributed by atoms with Gasteiger partial charge in [0, 0.05) is 6.16 Å². The van der Waals surface area contributed by atoms with Crippen molar-refractivity contribution in [2.45, 2.75) is 29.3 Å². The van der Waals surface area contributed by atoms with Crippen LogP contribution in [0.25, 0.3) is 0 Å². The van der Waals surface area contributed by atoms with Gasteiger partial charge in [0.25, 0.3) is 0 Å². The molecule has 0 saturated carbocycles. The summed E-state index contributed by atoms with van der Waals surface area (Å²) < 4.78 is 4.87. The van der Waals surface area contributed by atoms with Gasteiger partial charge in [-0.05, 0) is 17.2 Å². The van der Waals surface area contributed by atoms with Crippen molar-refractivity contribution in [1.29, 1.82) is 0 Å². The zero-order valence-corrected chi connectivity index (χ0v) is 15.4. The first-order valence-corrected chi connectivity index (χ1v) is 9.74. The van der Waals surface area contributed by atoms with Crippen LogP contribution in [0.1, 0.15) is 27.2 Å². The van der Waals surface area contributed by atoms with Crippen molar-refractivity contribution in [2.75, 3.05) is 12.8 Å². The molecule has 0 bridgehead atoms. The van der Waals surface area contributed by atoms with Crippen LogP contribution in [-0.2, 0) is 16.3 Å². The lowest BCUT2D eigenvalue weighted by Crippen LogP contribution is -2.18. The number of alkyl halides is 3. The van der Waals surface area contributed by atoms with Crippen LogP contribution in [0.15, 0.2) is 0 Å². The van der Waals surface area contributed by atoms with E-state index in [1.165, 1.54) is 0 Å². The van der Waals surface area contributed by atoms with E-state index in [1.807, 2.05) is 0 Å². The van der Waals surface area contributed by atoms with Crippen molar-refractivity contribution in [3.05, 3.63) is 0 Å². The quantitative estimate of drug-likeness (QED) is 0.495. The average Bonchev–Trinajstić information content (AvgIpc) is 1.98. The van der Waals surface area contributed by atoms with E-state index < -0.39 is 8.63 Å². The second-order valence-corrected chi connectivity index (χ2v) is 15.0. The highest BCUT2D eigenvalue weighted by Crippen LogP contribution is 2.50. The Kier molecular flexibility index (Phi) is 7.10. The molecule has 0 radical (unpaired) electrons. The minimum Gasteiger partial charge on any atom is -0.345 e. The van der Waals surface area contributed by atoms with Crippen LogP contribution in [0.5, 0.6) is 0 Å². The molecular weight excluding hydrogens is 431 g/mol. The molecule has 0 aliphatic heterocycles.